The van der Waals surface area contributed by atoms with Crippen LogP contribution in [0.4, 0.5) is 11.4 Å². The van der Waals surface area contributed by atoms with E-state index in [-0.39, 0.29) is 29.6 Å². The third-order valence-electron chi connectivity index (χ3n) is 5.29. The SMILES string of the molecule is CC1=CC[C@H]2C(=O)N(c3ccc(C(=O)Nc4cccc(Cl)c4)cc3)C(=O)[C@@H]2C1. The van der Waals surface area contributed by atoms with Crippen LogP contribution in [0, 0.1) is 11.8 Å². The molecule has 28 heavy (non-hydrogen) atoms. The van der Waals surface area contributed by atoms with Crippen LogP contribution in [0.5, 0.6) is 0 Å². The number of hydrogen-bond acceptors (Lipinski definition) is 3. The highest BCUT2D eigenvalue weighted by Crippen LogP contribution is 2.39. The van der Waals surface area contributed by atoms with E-state index in [0.29, 0.717) is 34.8 Å². The maximum Gasteiger partial charge on any atom is 0.255 e. The summed E-state index contributed by atoms with van der Waals surface area (Å²) < 4.78 is 0. The third kappa shape index (κ3) is 3.34. The topological polar surface area (TPSA) is 66.5 Å². The van der Waals surface area contributed by atoms with Gasteiger partial charge in [0.25, 0.3) is 5.91 Å². The zero-order valence-corrected chi connectivity index (χ0v) is 16.1. The normalized spacial score (nSPS) is 21.4. The van der Waals surface area contributed by atoms with Crippen LogP contribution in [0.3, 0.4) is 0 Å². The lowest BCUT2D eigenvalue weighted by Crippen LogP contribution is -2.30. The summed E-state index contributed by atoms with van der Waals surface area (Å²) in [7, 11) is 0. The van der Waals surface area contributed by atoms with Gasteiger partial charge in [-0.25, -0.2) is 0 Å². The first kappa shape index (κ1) is 18.4. The smallest absolute Gasteiger partial charge is 0.255 e. The van der Waals surface area contributed by atoms with Gasteiger partial charge in [-0.2, -0.15) is 0 Å². The van der Waals surface area contributed by atoms with Gasteiger partial charge < -0.3 is 5.32 Å². The molecule has 5 nitrogen and oxygen atoms in total. The molecule has 3 amide bonds. The van der Waals surface area contributed by atoms with Crippen LogP contribution < -0.4 is 10.2 Å². The van der Waals surface area contributed by atoms with Gasteiger partial charge in [0.15, 0.2) is 0 Å². The molecule has 1 N–H and O–H groups in total. The van der Waals surface area contributed by atoms with Gasteiger partial charge in [0.05, 0.1) is 17.5 Å². The molecule has 0 spiro atoms. The molecule has 6 heteroatoms. The number of carbonyl (C=O) groups excluding carboxylic acids is 3. The largest absolute Gasteiger partial charge is 0.322 e. The van der Waals surface area contributed by atoms with Crippen molar-refractivity contribution in [2.24, 2.45) is 11.8 Å². The number of allylic oxidation sites excluding steroid dienone is 2. The molecule has 2 aromatic rings. The highest BCUT2D eigenvalue weighted by atomic mass is 35.5. The average molecular weight is 395 g/mol. The standard InChI is InChI=1S/C22H19ClN2O3/c1-13-5-10-18-19(11-13)22(28)25(21(18)27)17-8-6-14(7-9-17)20(26)24-16-4-2-3-15(23)12-16/h2-9,12,18-19H,10-11H2,1H3,(H,24,26)/t18-,19-/m1/s1. The van der Waals surface area contributed by atoms with Gasteiger partial charge in [0.1, 0.15) is 0 Å². The summed E-state index contributed by atoms with van der Waals surface area (Å²) in [6, 6.07) is 13.4. The summed E-state index contributed by atoms with van der Waals surface area (Å²) >= 11 is 5.93. The Morgan fingerprint density at radius 2 is 1.79 bits per heavy atom. The van der Waals surface area contributed by atoms with Gasteiger partial charge in [-0.3, -0.25) is 19.3 Å². The van der Waals surface area contributed by atoms with Crippen molar-refractivity contribution in [1.29, 1.82) is 0 Å². The molecule has 1 fully saturated rings. The van der Waals surface area contributed by atoms with Gasteiger partial charge in [-0.15, -0.1) is 0 Å². The minimum absolute atomic E-state index is 0.154. The van der Waals surface area contributed by atoms with E-state index in [1.54, 1.807) is 48.5 Å². The number of hydrogen-bond donors (Lipinski definition) is 1. The fourth-order valence-electron chi connectivity index (χ4n) is 3.82. The number of halogens is 1. The summed E-state index contributed by atoms with van der Waals surface area (Å²) in [4.78, 5) is 39.2. The summed E-state index contributed by atoms with van der Waals surface area (Å²) in [5.41, 5.74) is 2.68. The summed E-state index contributed by atoms with van der Waals surface area (Å²) in [6.45, 7) is 1.99. The molecule has 0 radical (unpaired) electrons. The molecule has 1 saturated heterocycles. The van der Waals surface area contributed by atoms with E-state index < -0.39 is 0 Å². The Hall–Kier alpha value is -2.92. The Bertz CT molecular complexity index is 997. The van der Waals surface area contributed by atoms with Crippen molar-refractivity contribution in [2.45, 2.75) is 19.8 Å². The van der Waals surface area contributed by atoms with Crippen LogP contribution in [0.2, 0.25) is 5.02 Å². The van der Waals surface area contributed by atoms with Gasteiger partial charge >= 0.3 is 0 Å². The molecule has 4 rings (SSSR count). The second kappa shape index (κ2) is 7.24. The van der Waals surface area contributed by atoms with Gasteiger partial charge in [-0.05, 0) is 62.2 Å². The average Bonchev–Trinajstić information content (AvgIpc) is 2.92. The van der Waals surface area contributed by atoms with Gasteiger partial charge in [-0.1, -0.05) is 29.3 Å². The lowest BCUT2D eigenvalue weighted by Gasteiger charge is -2.18. The molecule has 0 aromatic heterocycles. The van der Waals surface area contributed by atoms with E-state index in [1.165, 1.54) is 4.90 Å². The first-order valence-electron chi connectivity index (χ1n) is 9.14. The number of carbonyl (C=O) groups is 3. The Morgan fingerprint density at radius 1 is 1.07 bits per heavy atom. The quantitative estimate of drug-likeness (QED) is 0.618. The Balaban J connectivity index is 1.51. The minimum atomic E-state index is -0.290. The number of anilines is 2. The van der Waals surface area contributed by atoms with E-state index in [4.69, 9.17) is 11.6 Å². The molecule has 1 heterocycles. The molecule has 1 aliphatic carbocycles. The van der Waals surface area contributed by atoms with Crippen LogP contribution in [-0.4, -0.2) is 17.7 Å². The number of benzene rings is 2. The number of nitrogens with zero attached hydrogens (tertiary/aromatic N) is 1. The monoisotopic (exact) mass is 394 g/mol. The summed E-state index contributed by atoms with van der Waals surface area (Å²) in [6.07, 6.45) is 3.28. The Labute approximate surface area is 168 Å². The number of nitrogens with one attached hydrogen (secondary N) is 1. The van der Waals surface area contributed by atoms with Crippen molar-refractivity contribution >= 4 is 40.7 Å². The molecular formula is C22H19ClN2O3. The lowest BCUT2D eigenvalue weighted by atomic mass is 9.82. The number of fused-ring (bicyclic) bond motifs is 1. The first-order valence-corrected chi connectivity index (χ1v) is 9.52. The van der Waals surface area contributed by atoms with E-state index in [0.717, 1.165) is 5.57 Å². The predicted molar refractivity (Wildman–Crippen MR) is 108 cm³/mol. The van der Waals surface area contributed by atoms with E-state index in [9.17, 15) is 14.4 Å². The van der Waals surface area contributed by atoms with Crippen LogP contribution in [-0.2, 0) is 9.59 Å². The minimum Gasteiger partial charge on any atom is -0.322 e. The molecule has 2 aliphatic rings. The van der Waals surface area contributed by atoms with E-state index in [2.05, 4.69) is 5.32 Å². The molecule has 2 aromatic carbocycles. The number of rotatable bonds is 3. The number of amides is 3. The zero-order valence-electron chi connectivity index (χ0n) is 15.3. The second-order valence-electron chi connectivity index (χ2n) is 7.23. The fraction of sp³-hybridized carbons (Fsp3) is 0.227. The van der Waals surface area contributed by atoms with Gasteiger partial charge in [0, 0.05) is 16.3 Å². The number of imide groups is 1. The van der Waals surface area contributed by atoms with Crippen LogP contribution in [0.15, 0.2) is 60.2 Å². The second-order valence-corrected chi connectivity index (χ2v) is 7.66. The molecule has 1 aliphatic heterocycles. The first-order chi connectivity index (χ1) is 13.4. The zero-order chi connectivity index (χ0) is 19.8. The maximum absolute atomic E-state index is 12.8. The van der Waals surface area contributed by atoms with Crippen molar-refractivity contribution in [3.8, 4) is 0 Å². The van der Waals surface area contributed by atoms with Crippen molar-refractivity contribution in [3.63, 3.8) is 0 Å². The van der Waals surface area contributed by atoms with Crippen LogP contribution in [0.1, 0.15) is 30.1 Å². The van der Waals surface area contributed by atoms with Crippen LogP contribution >= 0.6 is 11.6 Å². The van der Waals surface area contributed by atoms with Crippen molar-refractivity contribution in [3.05, 3.63) is 70.8 Å². The predicted octanol–water partition coefficient (Wildman–Crippen LogP) is 4.44. The third-order valence-corrected chi connectivity index (χ3v) is 5.53. The Morgan fingerprint density at radius 3 is 2.50 bits per heavy atom. The lowest BCUT2D eigenvalue weighted by molar-refractivity contribution is -0.122. The van der Waals surface area contributed by atoms with E-state index in [1.807, 2.05) is 13.0 Å². The van der Waals surface area contributed by atoms with Crippen LogP contribution in [0.25, 0.3) is 0 Å². The van der Waals surface area contributed by atoms with Crippen molar-refractivity contribution < 1.29 is 14.4 Å². The van der Waals surface area contributed by atoms with E-state index >= 15 is 0 Å². The summed E-state index contributed by atoms with van der Waals surface area (Å²) in [5.74, 6) is -1.15. The molecular weight excluding hydrogens is 376 g/mol. The molecule has 142 valence electrons. The fourth-order valence-corrected chi connectivity index (χ4v) is 4.01. The van der Waals surface area contributed by atoms with Crippen molar-refractivity contribution in [2.75, 3.05) is 10.2 Å². The summed E-state index contributed by atoms with van der Waals surface area (Å²) in [5, 5.41) is 3.31. The molecule has 0 saturated carbocycles. The molecule has 0 unspecified atom stereocenters. The molecule has 0 bridgehead atoms. The maximum atomic E-state index is 12.8. The molecule has 2 atom stereocenters. The van der Waals surface area contributed by atoms with Gasteiger partial charge in [0.2, 0.25) is 11.8 Å². The van der Waals surface area contributed by atoms with Crippen molar-refractivity contribution in [1.82, 2.24) is 0 Å². The Kier molecular flexibility index (Phi) is 4.77. The highest BCUT2D eigenvalue weighted by Gasteiger charge is 2.48. The highest BCUT2D eigenvalue weighted by molar-refractivity contribution is 6.31.